The molecule has 1 aliphatic heterocycles. The Bertz CT molecular complexity index is 1200. The molecule has 1 aliphatic rings. The molecule has 1 fully saturated rings. The lowest BCUT2D eigenvalue weighted by Crippen LogP contribution is -2.23. The zero-order valence-corrected chi connectivity index (χ0v) is 16.8. The van der Waals surface area contributed by atoms with Crippen LogP contribution in [0.1, 0.15) is 35.4 Å². The van der Waals surface area contributed by atoms with Crippen molar-refractivity contribution in [3.05, 3.63) is 70.3 Å². The second-order valence-electron chi connectivity index (χ2n) is 7.31. The van der Waals surface area contributed by atoms with E-state index in [1.54, 1.807) is 53.4 Å². The minimum absolute atomic E-state index is 0.00936. The first-order valence-corrected chi connectivity index (χ1v) is 10.1. The third-order valence-corrected chi connectivity index (χ3v) is 5.17. The average Bonchev–Trinajstić information content (AvgIpc) is 3.22. The van der Waals surface area contributed by atoms with Gasteiger partial charge in [0.25, 0.3) is 5.56 Å². The molecule has 31 heavy (non-hydrogen) atoms. The van der Waals surface area contributed by atoms with Crippen LogP contribution in [0.4, 0.5) is 5.69 Å². The van der Waals surface area contributed by atoms with Gasteiger partial charge in [-0.3, -0.25) is 19.2 Å². The first-order chi connectivity index (χ1) is 15.0. The van der Waals surface area contributed by atoms with E-state index in [1.165, 1.54) is 0 Å². The number of ketones is 1. The van der Waals surface area contributed by atoms with Gasteiger partial charge in [-0.05, 0) is 42.8 Å². The number of Topliss-reactive ketones (excluding diaryl/α,β-unsaturated/α-hetero) is 1. The number of H-pyrrole nitrogens is 1. The van der Waals surface area contributed by atoms with E-state index in [9.17, 15) is 19.2 Å². The molecule has 1 N–H and O–H groups in total. The Hall–Kier alpha value is -3.81. The van der Waals surface area contributed by atoms with Gasteiger partial charge in [0, 0.05) is 30.6 Å². The largest absolute Gasteiger partial charge is 0.457 e. The molecule has 0 aliphatic carbocycles. The number of aromatic amines is 1. The number of ether oxygens (including phenoxy) is 1. The van der Waals surface area contributed by atoms with Crippen molar-refractivity contribution in [3.63, 3.8) is 0 Å². The molecule has 0 atom stereocenters. The van der Waals surface area contributed by atoms with Crippen molar-refractivity contribution >= 4 is 34.3 Å². The Kier molecular flexibility index (Phi) is 5.88. The number of anilines is 1. The van der Waals surface area contributed by atoms with Gasteiger partial charge in [-0.1, -0.05) is 12.1 Å². The van der Waals surface area contributed by atoms with Gasteiger partial charge in [-0.2, -0.15) is 0 Å². The number of carbonyl (C=O) groups is 3. The summed E-state index contributed by atoms with van der Waals surface area (Å²) < 4.78 is 5.07. The second-order valence-corrected chi connectivity index (χ2v) is 7.31. The Morgan fingerprint density at radius 2 is 1.84 bits per heavy atom. The fourth-order valence-corrected chi connectivity index (χ4v) is 3.52. The van der Waals surface area contributed by atoms with E-state index in [4.69, 9.17) is 4.74 Å². The summed E-state index contributed by atoms with van der Waals surface area (Å²) in [6.07, 6.45) is 1.56. The Labute approximate surface area is 177 Å². The zero-order valence-electron chi connectivity index (χ0n) is 16.8. The summed E-state index contributed by atoms with van der Waals surface area (Å²) in [6, 6.07) is 13.7. The Morgan fingerprint density at radius 1 is 1.06 bits per heavy atom. The fraction of sp³-hybridized carbons (Fsp3) is 0.261. The molecule has 2 heterocycles. The van der Waals surface area contributed by atoms with E-state index in [1.807, 2.05) is 0 Å². The molecule has 0 unspecified atom stereocenters. The number of esters is 1. The van der Waals surface area contributed by atoms with Crippen LogP contribution in [0, 0.1) is 0 Å². The van der Waals surface area contributed by atoms with Crippen molar-refractivity contribution in [1.29, 1.82) is 0 Å². The van der Waals surface area contributed by atoms with E-state index in [0.29, 0.717) is 35.3 Å². The quantitative estimate of drug-likeness (QED) is 0.465. The van der Waals surface area contributed by atoms with Gasteiger partial charge < -0.3 is 14.6 Å². The van der Waals surface area contributed by atoms with E-state index in [-0.39, 0.29) is 36.7 Å². The number of amides is 1. The topological polar surface area (TPSA) is 109 Å². The molecule has 3 aromatic rings. The molecule has 8 nitrogen and oxygen atoms in total. The lowest BCUT2D eigenvalue weighted by atomic mass is 10.1. The summed E-state index contributed by atoms with van der Waals surface area (Å²) in [5.41, 5.74) is 1.46. The predicted molar refractivity (Wildman–Crippen MR) is 114 cm³/mol. The smallest absolute Gasteiger partial charge is 0.306 e. The standard InChI is InChI=1S/C23H21N3O5/c27-19(15-7-9-16(10-8-15)26-13-3-6-21(26)28)14-31-22(29)12-11-20-24-18-5-2-1-4-17(18)23(30)25-20/h1-2,4-5,7-10H,3,6,11-14H2,(H,24,25,30). The van der Waals surface area contributed by atoms with Crippen LogP contribution in [0.15, 0.2) is 53.3 Å². The lowest BCUT2D eigenvalue weighted by Gasteiger charge is -2.15. The fourth-order valence-electron chi connectivity index (χ4n) is 3.52. The molecule has 0 spiro atoms. The maximum Gasteiger partial charge on any atom is 0.306 e. The van der Waals surface area contributed by atoms with Crippen LogP contribution in [0.25, 0.3) is 10.9 Å². The first-order valence-electron chi connectivity index (χ1n) is 10.1. The summed E-state index contributed by atoms with van der Waals surface area (Å²) >= 11 is 0. The molecule has 0 saturated carbocycles. The number of carbonyl (C=O) groups excluding carboxylic acids is 3. The summed E-state index contributed by atoms with van der Waals surface area (Å²) in [7, 11) is 0. The highest BCUT2D eigenvalue weighted by molar-refractivity contribution is 5.99. The van der Waals surface area contributed by atoms with Gasteiger partial charge >= 0.3 is 5.97 Å². The van der Waals surface area contributed by atoms with Crippen LogP contribution in [-0.2, 0) is 20.7 Å². The minimum atomic E-state index is -0.552. The van der Waals surface area contributed by atoms with Gasteiger partial charge in [0.05, 0.1) is 17.3 Å². The van der Waals surface area contributed by atoms with Crippen molar-refractivity contribution in [1.82, 2.24) is 9.97 Å². The molecule has 2 aromatic carbocycles. The minimum Gasteiger partial charge on any atom is -0.457 e. The Balaban J connectivity index is 1.29. The number of para-hydroxylation sites is 1. The van der Waals surface area contributed by atoms with Crippen molar-refractivity contribution in [3.8, 4) is 0 Å². The van der Waals surface area contributed by atoms with Gasteiger partial charge in [-0.15, -0.1) is 0 Å². The van der Waals surface area contributed by atoms with E-state index in [0.717, 1.165) is 12.1 Å². The number of nitrogens with one attached hydrogen (secondary N) is 1. The van der Waals surface area contributed by atoms with E-state index >= 15 is 0 Å². The lowest BCUT2D eigenvalue weighted by molar-refractivity contribution is -0.142. The maximum atomic E-state index is 12.3. The molecule has 1 amide bonds. The van der Waals surface area contributed by atoms with Crippen molar-refractivity contribution in [2.24, 2.45) is 0 Å². The third kappa shape index (κ3) is 4.69. The Morgan fingerprint density at radius 3 is 2.58 bits per heavy atom. The molecule has 8 heteroatoms. The van der Waals surface area contributed by atoms with E-state index in [2.05, 4.69) is 9.97 Å². The van der Waals surface area contributed by atoms with Crippen LogP contribution < -0.4 is 10.5 Å². The molecular formula is C23H21N3O5. The molecule has 158 valence electrons. The number of benzene rings is 2. The maximum absolute atomic E-state index is 12.3. The second kappa shape index (κ2) is 8.91. The first kappa shape index (κ1) is 20.5. The van der Waals surface area contributed by atoms with Crippen LogP contribution in [0.3, 0.4) is 0 Å². The molecule has 0 radical (unpaired) electrons. The number of rotatable bonds is 7. The average molecular weight is 419 g/mol. The monoisotopic (exact) mass is 419 g/mol. The summed E-state index contributed by atoms with van der Waals surface area (Å²) in [5.74, 6) is -0.414. The molecule has 4 rings (SSSR count). The summed E-state index contributed by atoms with van der Waals surface area (Å²) in [5, 5.41) is 0.486. The van der Waals surface area contributed by atoms with Crippen LogP contribution in [-0.4, -0.2) is 40.8 Å². The highest BCUT2D eigenvalue weighted by Crippen LogP contribution is 2.21. The number of hydrogen-bond donors (Lipinski definition) is 1. The predicted octanol–water partition coefficient (Wildman–Crippen LogP) is 2.41. The molecular weight excluding hydrogens is 398 g/mol. The van der Waals surface area contributed by atoms with Gasteiger partial charge in [0.15, 0.2) is 12.4 Å². The van der Waals surface area contributed by atoms with Crippen molar-refractivity contribution in [2.45, 2.75) is 25.7 Å². The SMILES string of the molecule is O=C(CCc1nc2ccccc2c(=O)[nH]1)OCC(=O)c1ccc(N2CCCC2=O)cc1. The third-order valence-electron chi connectivity index (χ3n) is 5.17. The summed E-state index contributed by atoms with van der Waals surface area (Å²) in [6.45, 7) is 0.309. The number of aryl methyl sites for hydroxylation is 1. The van der Waals surface area contributed by atoms with Gasteiger partial charge in [-0.25, -0.2) is 4.98 Å². The zero-order chi connectivity index (χ0) is 21.8. The van der Waals surface area contributed by atoms with Gasteiger partial charge in [0.1, 0.15) is 5.82 Å². The molecule has 1 aromatic heterocycles. The highest BCUT2D eigenvalue weighted by atomic mass is 16.5. The van der Waals surface area contributed by atoms with E-state index < -0.39 is 5.97 Å². The molecule has 1 saturated heterocycles. The van der Waals surface area contributed by atoms with Crippen LogP contribution in [0.5, 0.6) is 0 Å². The number of hydrogen-bond acceptors (Lipinski definition) is 6. The van der Waals surface area contributed by atoms with Crippen molar-refractivity contribution in [2.75, 3.05) is 18.1 Å². The van der Waals surface area contributed by atoms with Crippen LogP contribution >= 0.6 is 0 Å². The number of aromatic nitrogens is 2. The van der Waals surface area contributed by atoms with Crippen molar-refractivity contribution < 1.29 is 19.1 Å². The number of fused-ring (bicyclic) bond motifs is 1. The highest BCUT2D eigenvalue weighted by Gasteiger charge is 2.21. The van der Waals surface area contributed by atoms with Gasteiger partial charge in [0.2, 0.25) is 5.91 Å². The number of nitrogens with zero attached hydrogens (tertiary/aromatic N) is 2. The molecule has 0 bridgehead atoms. The summed E-state index contributed by atoms with van der Waals surface area (Å²) in [4.78, 5) is 56.9. The van der Waals surface area contributed by atoms with Crippen LogP contribution in [0.2, 0.25) is 0 Å². The normalized spacial score (nSPS) is 13.5.